The van der Waals surface area contributed by atoms with E-state index in [0.717, 1.165) is 10.4 Å². The molecule has 0 unspecified atom stereocenters. The Hall–Kier alpha value is -2.70. The minimum absolute atomic E-state index is 0.105. The van der Waals surface area contributed by atoms with Gasteiger partial charge in [0.25, 0.3) is 5.91 Å². The quantitative estimate of drug-likeness (QED) is 0.643. The standard InChI is InChI=1S/C20H16ClFN2O2S/c1-11-17(12-6-3-2-4-7-12)18(19(23)26)20(27-11)24-16(25)10-13-14(21)8-5-9-15(13)22/h2-9H,10H2,1H3,(H2,23,26)(H,24,25). The van der Waals surface area contributed by atoms with Crippen LogP contribution in [0.5, 0.6) is 0 Å². The predicted octanol–water partition coefficient (Wildman–Crippen LogP) is 4.80. The van der Waals surface area contributed by atoms with Crippen LogP contribution < -0.4 is 11.1 Å². The van der Waals surface area contributed by atoms with Crippen LogP contribution in [0.3, 0.4) is 0 Å². The van der Waals surface area contributed by atoms with Crippen LogP contribution in [-0.4, -0.2) is 11.8 Å². The predicted molar refractivity (Wildman–Crippen MR) is 107 cm³/mol. The van der Waals surface area contributed by atoms with Gasteiger partial charge in [0.15, 0.2) is 0 Å². The van der Waals surface area contributed by atoms with E-state index in [9.17, 15) is 14.0 Å². The van der Waals surface area contributed by atoms with E-state index in [4.69, 9.17) is 17.3 Å². The maximum atomic E-state index is 13.9. The van der Waals surface area contributed by atoms with Crippen LogP contribution in [0.2, 0.25) is 5.02 Å². The molecule has 1 heterocycles. The third-order valence-corrected chi connectivity index (χ3v) is 5.42. The SMILES string of the molecule is Cc1sc(NC(=O)Cc2c(F)cccc2Cl)c(C(N)=O)c1-c1ccccc1. The summed E-state index contributed by atoms with van der Waals surface area (Å²) in [6.07, 6.45) is -0.249. The van der Waals surface area contributed by atoms with Crippen molar-refractivity contribution < 1.29 is 14.0 Å². The smallest absolute Gasteiger partial charge is 0.252 e. The maximum absolute atomic E-state index is 13.9. The third-order valence-electron chi connectivity index (χ3n) is 4.05. The maximum Gasteiger partial charge on any atom is 0.252 e. The van der Waals surface area contributed by atoms with Crippen LogP contribution in [0.15, 0.2) is 48.5 Å². The van der Waals surface area contributed by atoms with Gasteiger partial charge in [-0.3, -0.25) is 9.59 Å². The molecule has 0 aliphatic heterocycles. The average Bonchev–Trinajstić information content (AvgIpc) is 2.95. The lowest BCUT2D eigenvalue weighted by Gasteiger charge is -2.08. The molecule has 27 heavy (non-hydrogen) atoms. The normalized spacial score (nSPS) is 10.6. The highest BCUT2D eigenvalue weighted by Crippen LogP contribution is 2.39. The summed E-state index contributed by atoms with van der Waals surface area (Å²) in [7, 11) is 0. The number of thiophene rings is 1. The molecule has 0 spiro atoms. The molecule has 3 rings (SSSR count). The Morgan fingerprint density at radius 2 is 1.85 bits per heavy atom. The van der Waals surface area contributed by atoms with Crippen molar-refractivity contribution in [2.75, 3.05) is 5.32 Å². The first kappa shape index (κ1) is 19.1. The van der Waals surface area contributed by atoms with Crippen molar-refractivity contribution in [3.8, 4) is 11.1 Å². The molecule has 4 nitrogen and oxygen atoms in total. The second-order valence-corrected chi connectivity index (χ2v) is 7.52. The highest BCUT2D eigenvalue weighted by molar-refractivity contribution is 7.17. The molecule has 0 saturated carbocycles. The van der Waals surface area contributed by atoms with E-state index in [-0.39, 0.29) is 22.6 Å². The second-order valence-electron chi connectivity index (χ2n) is 5.89. The van der Waals surface area contributed by atoms with Crippen LogP contribution in [-0.2, 0) is 11.2 Å². The lowest BCUT2D eigenvalue weighted by atomic mass is 10.0. The number of primary amides is 1. The summed E-state index contributed by atoms with van der Waals surface area (Å²) >= 11 is 7.23. The molecule has 0 fully saturated rings. The molecule has 0 radical (unpaired) electrons. The Kier molecular flexibility index (Phi) is 5.58. The number of carbonyl (C=O) groups excluding carboxylic acids is 2. The van der Waals surface area contributed by atoms with Gasteiger partial charge in [-0.2, -0.15) is 0 Å². The molecule has 1 aromatic heterocycles. The zero-order valence-corrected chi connectivity index (χ0v) is 16.0. The van der Waals surface area contributed by atoms with Crippen molar-refractivity contribution in [3.05, 3.63) is 75.4 Å². The number of hydrogen-bond donors (Lipinski definition) is 2. The minimum atomic E-state index is -0.641. The van der Waals surface area contributed by atoms with Gasteiger partial charge in [0.05, 0.1) is 12.0 Å². The van der Waals surface area contributed by atoms with Crippen LogP contribution in [0.1, 0.15) is 20.8 Å². The minimum Gasteiger partial charge on any atom is -0.365 e. The van der Waals surface area contributed by atoms with Crippen LogP contribution >= 0.6 is 22.9 Å². The molecule has 7 heteroatoms. The van der Waals surface area contributed by atoms with E-state index in [1.807, 2.05) is 37.3 Å². The average molecular weight is 403 g/mol. The number of nitrogens with one attached hydrogen (secondary N) is 1. The van der Waals surface area contributed by atoms with Gasteiger partial charge < -0.3 is 11.1 Å². The van der Waals surface area contributed by atoms with Gasteiger partial charge in [0.1, 0.15) is 10.8 Å². The van der Waals surface area contributed by atoms with Crippen molar-refractivity contribution in [2.24, 2.45) is 5.73 Å². The molecule has 0 atom stereocenters. The Balaban J connectivity index is 1.94. The Morgan fingerprint density at radius 3 is 2.48 bits per heavy atom. The van der Waals surface area contributed by atoms with Crippen molar-refractivity contribution in [3.63, 3.8) is 0 Å². The molecule has 0 aliphatic carbocycles. The first-order valence-electron chi connectivity index (χ1n) is 8.09. The van der Waals surface area contributed by atoms with Crippen LogP contribution in [0.4, 0.5) is 9.39 Å². The molecule has 2 amide bonds. The summed E-state index contributed by atoms with van der Waals surface area (Å²) in [5, 5.41) is 3.20. The molecule has 3 N–H and O–H groups in total. The number of aryl methyl sites for hydroxylation is 1. The van der Waals surface area contributed by atoms with E-state index in [0.29, 0.717) is 10.6 Å². The molecule has 3 aromatic rings. The fourth-order valence-electron chi connectivity index (χ4n) is 2.85. The van der Waals surface area contributed by atoms with E-state index in [2.05, 4.69) is 5.32 Å². The first-order chi connectivity index (χ1) is 12.9. The van der Waals surface area contributed by atoms with Gasteiger partial charge in [0.2, 0.25) is 5.91 Å². The van der Waals surface area contributed by atoms with E-state index >= 15 is 0 Å². The van der Waals surface area contributed by atoms with Crippen molar-refractivity contribution in [1.82, 2.24) is 0 Å². The van der Waals surface area contributed by atoms with Gasteiger partial charge in [-0.1, -0.05) is 48.0 Å². The first-order valence-corrected chi connectivity index (χ1v) is 9.29. The lowest BCUT2D eigenvalue weighted by molar-refractivity contribution is -0.115. The van der Waals surface area contributed by atoms with E-state index in [1.165, 1.54) is 29.5 Å². The van der Waals surface area contributed by atoms with Crippen LogP contribution in [0.25, 0.3) is 11.1 Å². The molecule has 138 valence electrons. The number of halogens is 2. The van der Waals surface area contributed by atoms with Gasteiger partial charge in [0, 0.05) is 21.0 Å². The zero-order valence-electron chi connectivity index (χ0n) is 14.4. The Morgan fingerprint density at radius 1 is 1.15 bits per heavy atom. The Labute approximate surface area is 164 Å². The van der Waals surface area contributed by atoms with Crippen molar-refractivity contribution in [2.45, 2.75) is 13.3 Å². The van der Waals surface area contributed by atoms with Gasteiger partial charge >= 0.3 is 0 Å². The van der Waals surface area contributed by atoms with E-state index < -0.39 is 17.6 Å². The van der Waals surface area contributed by atoms with Gasteiger partial charge in [-0.15, -0.1) is 11.3 Å². The molecule has 0 aliphatic rings. The number of rotatable bonds is 5. The number of benzene rings is 2. The number of anilines is 1. The summed E-state index contributed by atoms with van der Waals surface area (Å²) in [6.45, 7) is 1.85. The lowest BCUT2D eigenvalue weighted by Crippen LogP contribution is -2.19. The fraction of sp³-hybridized carbons (Fsp3) is 0.100. The molecular weight excluding hydrogens is 387 g/mol. The molecule has 2 aromatic carbocycles. The number of carbonyl (C=O) groups is 2. The summed E-state index contributed by atoms with van der Waals surface area (Å²) in [5.41, 5.74) is 7.45. The highest BCUT2D eigenvalue weighted by atomic mass is 35.5. The summed E-state index contributed by atoms with van der Waals surface area (Å²) in [5.74, 6) is -1.68. The zero-order chi connectivity index (χ0) is 19.6. The summed E-state index contributed by atoms with van der Waals surface area (Å²) in [4.78, 5) is 25.4. The number of nitrogens with two attached hydrogens (primary N) is 1. The summed E-state index contributed by atoms with van der Waals surface area (Å²) < 4.78 is 13.9. The van der Waals surface area contributed by atoms with Crippen molar-refractivity contribution >= 4 is 39.8 Å². The molecule has 0 saturated heterocycles. The Bertz CT molecular complexity index is 998. The third kappa shape index (κ3) is 4.02. The topological polar surface area (TPSA) is 72.2 Å². The molecular formula is C20H16ClFN2O2S. The van der Waals surface area contributed by atoms with E-state index in [1.54, 1.807) is 0 Å². The number of amides is 2. The monoisotopic (exact) mass is 402 g/mol. The number of hydrogen-bond acceptors (Lipinski definition) is 3. The van der Waals surface area contributed by atoms with Gasteiger partial charge in [-0.05, 0) is 24.6 Å². The summed E-state index contributed by atoms with van der Waals surface area (Å²) in [6, 6.07) is 13.6. The largest absolute Gasteiger partial charge is 0.365 e. The highest BCUT2D eigenvalue weighted by Gasteiger charge is 2.23. The molecule has 0 bridgehead atoms. The van der Waals surface area contributed by atoms with Crippen LogP contribution in [0, 0.1) is 12.7 Å². The fourth-order valence-corrected chi connectivity index (χ4v) is 4.18. The van der Waals surface area contributed by atoms with Gasteiger partial charge in [-0.25, -0.2) is 4.39 Å². The second kappa shape index (κ2) is 7.90. The van der Waals surface area contributed by atoms with Crippen molar-refractivity contribution in [1.29, 1.82) is 0 Å².